The van der Waals surface area contributed by atoms with Gasteiger partial charge in [-0.3, -0.25) is 0 Å². The molecule has 0 N–H and O–H groups in total. The second-order valence-corrected chi connectivity index (χ2v) is 3.17. The first kappa shape index (κ1) is 12.0. The summed E-state index contributed by atoms with van der Waals surface area (Å²) in [6, 6.07) is 0.417. The van der Waals surface area contributed by atoms with E-state index in [0.717, 1.165) is 13.0 Å². The molecular weight excluding hydrogens is 166 g/mol. The Morgan fingerprint density at radius 2 is 2.15 bits per heavy atom. The first-order valence-electron chi connectivity index (χ1n) is 4.63. The fourth-order valence-corrected chi connectivity index (χ4v) is 0.988. The first-order chi connectivity index (χ1) is 6.11. The van der Waals surface area contributed by atoms with Crippen molar-refractivity contribution in [2.75, 3.05) is 13.7 Å². The topological polar surface area (TPSA) is 29.5 Å². The zero-order valence-corrected chi connectivity index (χ0v) is 8.91. The third-order valence-corrected chi connectivity index (χ3v) is 1.75. The van der Waals surface area contributed by atoms with E-state index in [2.05, 4.69) is 30.4 Å². The Balaban J connectivity index is 4.08. The molecule has 0 spiro atoms. The molecule has 0 saturated heterocycles. The van der Waals surface area contributed by atoms with Gasteiger partial charge in [0.25, 0.3) is 0 Å². The molecule has 0 amide bonds. The van der Waals surface area contributed by atoms with Crippen LogP contribution in [-0.4, -0.2) is 30.6 Å². The highest BCUT2D eigenvalue weighted by atomic mass is 16.5. The van der Waals surface area contributed by atoms with E-state index in [1.165, 1.54) is 13.2 Å². The van der Waals surface area contributed by atoms with Gasteiger partial charge in [0.15, 0.2) is 0 Å². The van der Waals surface area contributed by atoms with Gasteiger partial charge in [0.05, 0.1) is 7.11 Å². The van der Waals surface area contributed by atoms with Crippen molar-refractivity contribution in [2.24, 2.45) is 0 Å². The molecule has 0 aliphatic heterocycles. The monoisotopic (exact) mass is 185 g/mol. The largest absolute Gasteiger partial charge is 0.466 e. The van der Waals surface area contributed by atoms with E-state index in [4.69, 9.17) is 0 Å². The van der Waals surface area contributed by atoms with Gasteiger partial charge in [-0.2, -0.15) is 0 Å². The molecule has 0 radical (unpaired) electrons. The molecule has 13 heavy (non-hydrogen) atoms. The smallest absolute Gasteiger partial charge is 0.331 e. The lowest BCUT2D eigenvalue weighted by Crippen LogP contribution is -2.26. The van der Waals surface area contributed by atoms with Crippen LogP contribution in [0, 0.1) is 0 Å². The predicted molar refractivity (Wildman–Crippen MR) is 53.3 cm³/mol. The van der Waals surface area contributed by atoms with Crippen molar-refractivity contribution in [2.45, 2.75) is 33.2 Å². The number of rotatable bonds is 5. The molecule has 3 nitrogen and oxygen atoms in total. The maximum Gasteiger partial charge on any atom is 0.331 e. The summed E-state index contributed by atoms with van der Waals surface area (Å²) < 4.78 is 4.51. The van der Waals surface area contributed by atoms with Crippen LogP contribution in [0.5, 0.6) is 0 Å². The minimum atomic E-state index is -0.304. The fraction of sp³-hybridized carbons (Fsp3) is 0.700. The molecule has 0 aromatic carbocycles. The van der Waals surface area contributed by atoms with E-state index in [1.807, 2.05) is 0 Å². The SMILES string of the molecule is CCCN(C=CC(=O)OC)C(C)C. The number of ether oxygens (including phenoxy) is 1. The van der Waals surface area contributed by atoms with Gasteiger partial charge >= 0.3 is 5.97 Å². The minimum absolute atomic E-state index is 0.304. The van der Waals surface area contributed by atoms with E-state index in [0.29, 0.717) is 6.04 Å². The predicted octanol–water partition coefficient (Wildman–Crippen LogP) is 1.79. The van der Waals surface area contributed by atoms with Crippen LogP contribution < -0.4 is 0 Å². The van der Waals surface area contributed by atoms with Gasteiger partial charge in [-0.15, -0.1) is 0 Å². The molecule has 3 heteroatoms. The van der Waals surface area contributed by atoms with E-state index in [1.54, 1.807) is 6.20 Å². The first-order valence-corrected chi connectivity index (χ1v) is 4.63. The number of carbonyl (C=O) groups is 1. The molecule has 0 aromatic heterocycles. The number of nitrogens with zero attached hydrogens (tertiary/aromatic N) is 1. The van der Waals surface area contributed by atoms with Crippen molar-refractivity contribution in [3.05, 3.63) is 12.3 Å². The summed E-state index contributed by atoms with van der Waals surface area (Å²) in [5.41, 5.74) is 0. The molecule has 0 aromatic rings. The van der Waals surface area contributed by atoms with Crippen molar-refractivity contribution in [1.82, 2.24) is 4.90 Å². The highest BCUT2D eigenvalue weighted by molar-refractivity contribution is 5.81. The Kier molecular flexibility index (Phi) is 6.02. The number of carbonyl (C=O) groups excluding carboxylic acids is 1. The number of hydrogen-bond donors (Lipinski definition) is 0. The standard InChI is InChI=1S/C10H19NO2/c1-5-7-11(9(2)3)8-6-10(12)13-4/h6,8-9H,5,7H2,1-4H3. The zero-order valence-electron chi connectivity index (χ0n) is 8.91. The normalized spacial score (nSPS) is 10.8. The van der Waals surface area contributed by atoms with Crippen LogP contribution in [0.25, 0.3) is 0 Å². The molecule has 0 unspecified atom stereocenters. The minimum Gasteiger partial charge on any atom is -0.466 e. The summed E-state index contributed by atoms with van der Waals surface area (Å²) >= 11 is 0. The van der Waals surface area contributed by atoms with Gasteiger partial charge in [-0.1, -0.05) is 6.92 Å². The van der Waals surface area contributed by atoms with Crippen LogP contribution in [0.1, 0.15) is 27.2 Å². The molecule has 0 rings (SSSR count). The van der Waals surface area contributed by atoms with E-state index < -0.39 is 0 Å². The molecule has 0 fully saturated rings. The van der Waals surface area contributed by atoms with Gasteiger partial charge in [0, 0.05) is 24.9 Å². The van der Waals surface area contributed by atoms with Crippen molar-refractivity contribution in [3.63, 3.8) is 0 Å². The summed E-state index contributed by atoms with van der Waals surface area (Å²) in [6.07, 6.45) is 4.32. The van der Waals surface area contributed by atoms with Gasteiger partial charge in [-0.05, 0) is 20.3 Å². The van der Waals surface area contributed by atoms with Crippen LogP contribution in [-0.2, 0) is 9.53 Å². The molecule has 0 heterocycles. The van der Waals surface area contributed by atoms with Gasteiger partial charge in [0.1, 0.15) is 0 Å². The highest BCUT2D eigenvalue weighted by Crippen LogP contribution is 2.00. The number of methoxy groups -OCH3 is 1. The molecule has 0 aliphatic carbocycles. The van der Waals surface area contributed by atoms with Crippen molar-refractivity contribution in [1.29, 1.82) is 0 Å². The molecule has 0 bridgehead atoms. The van der Waals surface area contributed by atoms with E-state index in [-0.39, 0.29) is 5.97 Å². The lowest BCUT2D eigenvalue weighted by molar-refractivity contribution is -0.134. The van der Waals surface area contributed by atoms with Crippen LogP contribution >= 0.6 is 0 Å². The third kappa shape index (κ3) is 5.28. The Morgan fingerprint density at radius 3 is 2.54 bits per heavy atom. The summed E-state index contributed by atoms with van der Waals surface area (Å²) in [5.74, 6) is -0.304. The Labute approximate surface area is 80.4 Å². The molecule has 76 valence electrons. The van der Waals surface area contributed by atoms with Crippen LogP contribution in [0.4, 0.5) is 0 Å². The van der Waals surface area contributed by atoms with Crippen molar-refractivity contribution < 1.29 is 9.53 Å². The van der Waals surface area contributed by atoms with Crippen molar-refractivity contribution >= 4 is 5.97 Å². The Morgan fingerprint density at radius 1 is 1.54 bits per heavy atom. The second kappa shape index (κ2) is 6.52. The molecule has 0 atom stereocenters. The van der Waals surface area contributed by atoms with E-state index >= 15 is 0 Å². The third-order valence-electron chi connectivity index (χ3n) is 1.75. The van der Waals surface area contributed by atoms with Crippen LogP contribution in [0.3, 0.4) is 0 Å². The summed E-state index contributed by atoms with van der Waals surface area (Å²) in [7, 11) is 1.38. The second-order valence-electron chi connectivity index (χ2n) is 3.17. The Hall–Kier alpha value is -0.990. The molecule has 0 saturated carbocycles. The highest BCUT2D eigenvalue weighted by Gasteiger charge is 2.02. The molecule has 0 aliphatic rings. The van der Waals surface area contributed by atoms with E-state index in [9.17, 15) is 4.79 Å². The quantitative estimate of drug-likeness (QED) is 0.483. The molecular formula is C10H19NO2. The van der Waals surface area contributed by atoms with Gasteiger partial charge in [-0.25, -0.2) is 4.79 Å². The lowest BCUT2D eigenvalue weighted by Gasteiger charge is -2.23. The number of hydrogen-bond acceptors (Lipinski definition) is 3. The van der Waals surface area contributed by atoms with Crippen LogP contribution in [0.15, 0.2) is 12.3 Å². The number of esters is 1. The Bertz CT molecular complexity index is 176. The zero-order chi connectivity index (χ0) is 10.3. The fourth-order valence-electron chi connectivity index (χ4n) is 0.988. The summed E-state index contributed by atoms with van der Waals surface area (Å²) in [5, 5.41) is 0. The summed E-state index contributed by atoms with van der Waals surface area (Å²) in [4.78, 5) is 12.9. The van der Waals surface area contributed by atoms with Gasteiger partial charge < -0.3 is 9.64 Å². The van der Waals surface area contributed by atoms with Gasteiger partial charge in [0.2, 0.25) is 0 Å². The van der Waals surface area contributed by atoms with Crippen LogP contribution in [0.2, 0.25) is 0 Å². The average Bonchev–Trinajstić information content (AvgIpc) is 2.11. The van der Waals surface area contributed by atoms with Crippen molar-refractivity contribution in [3.8, 4) is 0 Å². The maximum absolute atomic E-state index is 10.8. The lowest BCUT2D eigenvalue weighted by atomic mass is 10.3. The average molecular weight is 185 g/mol. The maximum atomic E-state index is 10.8. The summed E-state index contributed by atoms with van der Waals surface area (Å²) in [6.45, 7) is 7.26.